The third-order valence-corrected chi connectivity index (χ3v) is 0.946. The summed E-state index contributed by atoms with van der Waals surface area (Å²) in [6, 6.07) is 0. The van der Waals surface area contributed by atoms with E-state index in [1.807, 2.05) is 0 Å². The van der Waals surface area contributed by atoms with Crippen molar-refractivity contribution in [3.8, 4) is 0 Å². The summed E-state index contributed by atoms with van der Waals surface area (Å²) in [7, 11) is 0. The molecule has 0 bridgehead atoms. The predicted molar refractivity (Wildman–Crippen MR) is 26.5 cm³/mol. The molecule has 0 aromatic carbocycles. The minimum absolute atomic E-state index is 0.111. The van der Waals surface area contributed by atoms with Crippen molar-refractivity contribution in [1.82, 2.24) is 0 Å². The number of hydrogen-bond donors (Lipinski definition) is 0. The van der Waals surface area contributed by atoms with Crippen molar-refractivity contribution in [2.45, 2.75) is 12.8 Å². The summed E-state index contributed by atoms with van der Waals surface area (Å²) in [6.07, 6.45) is 1.88. The summed E-state index contributed by atoms with van der Waals surface area (Å²) in [5.74, 6) is -0.111. The average Bonchev–Trinajstić information content (AvgIpc) is 2.44. The molecule has 1 rings (SSSR count). The lowest BCUT2D eigenvalue weighted by atomic mass is 10.6. The molecule has 0 N–H and O–H groups in total. The van der Waals surface area contributed by atoms with E-state index in [9.17, 15) is 5.11 Å². The van der Waals surface area contributed by atoms with Crippen LogP contribution in [0.1, 0.15) is 12.8 Å². The number of rotatable bonds is 1. The molecule has 0 saturated heterocycles. The van der Waals surface area contributed by atoms with Crippen LogP contribution in [0.4, 0.5) is 0 Å². The second-order valence-electron chi connectivity index (χ2n) is 1.57. The van der Waals surface area contributed by atoms with E-state index in [2.05, 4.69) is 11.7 Å². The third kappa shape index (κ3) is 0.796. The van der Waals surface area contributed by atoms with Gasteiger partial charge in [-0.25, -0.2) is 4.99 Å². The quantitative estimate of drug-likeness (QED) is 0.346. The van der Waals surface area contributed by atoms with E-state index >= 15 is 0 Å². The normalized spacial score (nSPS) is 16.3. The highest BCUT2D eigenvalue weighted by Crippen LogP contribution is 2.30. The lowest BCUT2D eigenvalue weighted by Crippen LogP contribution is -1.64. The second kappa shape index (κ2) is 1.37. The molecule has 37 valence electrons. The van der Waals surface area contributed by atoms with Crippen LogP contribution in [0, 0.1) is 0 Å². The van der Waals surface area contributed by atoms with Crippen LogP contribution in [0.25, 0.3) is 0 Å². The Morgan fingerprint density at radius 3 is 2.43 bits per heavy atom. The van der Waals surface area contributed by atoms with Crippen molar-refractivity contribution in [2.75, 3.05) is 0 Å². The van der Waals surface area contributed by atoms with Gasteiger partial charge < -0.3 is 0 Å². The molecule has 0 atom stereocenters. The number of hydrogen-bond acceptors (Lipinski definition) is 1. The Kier molecular flexibility index (Phi) is 0.855. The predicted octanol–water partition coefficient (Wildman–Crippen LogP) is 1.12. The van der Waals surface area contributed by atoms with Gasteiger partial charge in [-0.05, 0) is 25.1 Å². The smallest absolute Gasteiger partial charge is 0.268 e. The Morgan fingerprint density at radius 1 is 1.71 bits per heavy atom. The van der Waals surface area contributed by atoms with E-state index in [4.69, 9.17) is 0 Å². The fourth-order valence-electron chi connectivity index (χ4n) is 0.388. The van der Waals surface area contributed by atoms with Crippen LogP contribution in [0.2, 0.25) is 0 Å². The minimum atomic E-state index is -0.111. The Labute approximate surface area is 42.2 Å². The third-order valence-electron chi connectivity index (χ3n) is 0.946. The molecular weight excluding hydrogens is 90.1 g/mol. The molecule has 0 aromatic rings. The van der Waals surface area contributed by atoms with Crippen molar-refractivity contribution in [3.05, 3.63) is 11.5 Å². The lowest BCUT2D eigenvalue weighted by Gasteiger charge is -1.73. The van der Waals surface area contributed by atoms with Gasteiger partial charge in [0.25, 0.3) is 5.88 Å². The summed E-state index contributed by atoms with van der Waals surface area (Å²) in [6.45, 7) is 3.10. The van der Waals surface area contributed by atoms with Crippen LogP contribution in [-0.2, 0) is 5.11 Å². The summed E-state index contributed by atoms with van der Waals surface area (Å²) in [5.41, 5.74) is 0.926. The van der Waals surface area contributed by atoms with Crippen LogP contribution < -0.4 is 0 Å². The molecule has 1 radical (unpaired) electrons. The van der Waals surface area contributed by atoms with Gasteiger partial charge in [0.1, 0.15) is 0 Å². The van der Waals surface area contributed by atoms with Crippen LogP contribution in [-0.4, -0.2) is 6.72 Å². The maximum atomic E-state index is 10.3. The van der Waals surface area contributed by atoms with Gasteiger partial charge in [0.15, 0.2) is 0 Å². The second-order valence-corrected chi connectivity index (χ2v) is 1.57. The lowest BCUT2D eigenvalue weighted by molar-refractivity contribution is 0.293. The summed E-state index contributed by atoms with van der Waals surface area (Å²) < 4.78 is 0. The Morgan fingerprint density at radius 2 is 2.29 bits per heavy atom. The first-order valence-corrected chi connectivity index (χ1v) is 2.20. The van der Waals surface area contributed by atoms with E-state index in [1.165, 1.54) is 0 Å². The van der Waals surface area contributed by atoms with Crippen LogP contribution in [0.15, 0.2) is 16.4 Å². The molecule has 1 fully saturated rings. The average molecular weight is 96.1 g/mol. The van der Waals surface area contributed by atoms with Gasteiger partial charge in [0, 0.05) is 0 Å². The first-order valence-electron chi connectivity index (χ1n) is 2.20. The fraction of sp³-hybridized carbons (Fsp3) is 0.400. The van der Waals surface area contributed by atoms with Gasteiger partial charge in [-0.3, -0.25) is 5.11 Å². The fourth-order valence-corrected chi connectivity index (χ4v) is 0.388. The van der Waals surface area contributed by atoms with E-state index in [-0.39, 0.29) is 5.88 Å². The molecule has 2 heteroatoms. The zero-order valence-corrected chi connectivity index (χ0v) is 3.98. The first-order chi connectivity index (χ1) is 3.34. The molecule has 0 aromatic heterocycles. The molecule has 0 heterocycles. The monoisotopic (exact) mass is 96.0 g/mol. The van der Waals surface area contributed by atoms with E-state index in [1.54, 1.807) is 0 Å². The molecule has 1 aliphatic rings. The van der Waals surface area contributed by atoms with Gasteiger partial charge in [-0.15, -0.1) is 0 Å². The van der Waals surface area contributed by atoms with Gasteiger partial charge in [0.2, 0.25) is 0 Å². The standard InChI is InChI=1S/C5H6NO/c1-6-5(7)4-2-3-4/h1-3H2. The minimum Gasteiger partial charge on any atom is -0.268 e. The Bertz CT molecular complexity index is 120. The molecule has 1 saturated carbocycles. The summed E-state index contributed by atoms with van der Waals surface area (Å²) >= 11 is 0. The van der Waals surface area contributed by atoms with Gasteiger partial charge in [-0.2, -0.15) is 0 Å². The topological polar surface area (TPSA) is 32.3 Å². The Balaban J connectivity index is 2.65. The summed E-state index contributed by atoms with van der Waals surface area (Å²) in [5, 5.41) is 10.3. The molecule has 0 unspecified atom stereocenters. The molecule has 0 spiro atoms. The molecule has 7 heavy (non-hydrogen) atoms. The zero-order valence-electron chi connectivity index (χ0n) is 3.98. The largest absolute Gasteiger partial charge is 0.268 e. The van der Waals surface area contributed by atoms with Crippen LogP contribution >= 0.6 is 0 Å². The van der Waals surface area contributed by atoms with Gasteiger partial charge in [0.05, 0.1) is 0 Å². The highest BCUT2D eigenvalue weighted by molar-refractivity contribution is 5.31. The number of nitrogens with zero attached hydrogens (tertiary/aromatic N) is 1. The Hall–Kier alpha value is -0.790. The molecule has 0 amide bonds. The van der Waals surface area contributed by atoms with E-state index in [0.29, 0.717) is 0 Å². The van der Waals surface area contributed by atoms with Gasteiger partial charge in [-0.1, -0.05) is 0 Å². The maximum absolute atomic E-state index is 10.3. The van der Waals surface area contributed by atoms with Crippen LogP contribution in [0.5, 0.6) is 0 Å². The zero-order chi connectivity index (χ0) is 5.28. The van der Waals surface area contributed by atoms with E-state index in [0.717, 1.165) is 18.4 Å². The van der Waals surface area contributed by atoms with Crippen LogP contribution in [0.3, 0.4) is 0 Å². The van der Waals surface area contributed by atoms with Crippen molar-refractivity contribution in [3.63, 3.8) is 0 Å². The highest BCUT2D eigenvalue weighted by atomic mass is 16.3. The SMILES string of the molecule is C=NC([O])=C1CC1. The summed E-state index contributed by atoms with van der Waals surface area (Å²) in [4.78, 5) is 3.22. The highest BCUT2D eigenvalue weighted by Gasteiger charge is 2.17. The number of allylic oxidation sites excluding steroid dienone is 1. The van der Waals surface area contributed by atoms with Crippen molar-refractivity contribution >= 4 is 6.72 Å². The number of aliphatic imine (C=N–C) groups is 1. The molecule has 0 aliphatic heterocycles. The van der Waals surface area contributed by atoms with Gasteiger partial charge >= 0.3 is 0 Å². The van der Waals surface area contributed by atoms with Crippen molar-refractivity contribution in [1.29, 1.82) is 0 Å². The first kappa shape index (κ1) is 4.37. The van der Waals surface area contributed by atoms with Crippen molar-refractivity contribution < 1.29 is 5.11 Å². The van der Waals surface area contributed by atoms with E-state index < -0.39 is 0 Å². The molecular formula is C5H6NO. The van der Waals surface area contributed by atoms with Crippen molar-refractivity contribution in [2.24, 2.45) is 4.99 Å². The molecule has 2 nitrogen and oxygen atoms in total. The molecule has 1 aliphatic carbocycles. The maximum Gasteiger partial charge on any atom is 0.268 e.